The van der Waals surface area contributed by atoms with E-state index >= 15 is 0 Å². The molecule has 2 saturated heterocycles. The Morgan fingerprint density at radius 3 is 2.65 bits per heavy atom. The lowest BCUT2D eigenvalue weighted by Gasteiger charge is -2.29. The maximum absolute atomic E-state index is 12.2. The van der Waals surface area contributed by atoms with Crippen LogP contribution in [0, 0.1) is 10.1 Å². The molecule has 106 valence electrons. The van der Waals surface area contributed by atoms with Gasteiger partial charge in [0.05, 0.1) is 4.92 Å². The summed E-state index contributed by atoms with van der Waals surface area (Å²) in [5.74, 6) is -0.222. The first kappa shape index (κ1) is 13.1. The molecule has 0 aromatic heterocycles. The molecule has 2 aliphatic heterocycles. The van der Waals surface area contributed by atoms with Crippen molar-refractivity contribution >= 4 is 11.6 Å². The molecule has 0 saturated carbocycles. The van der Waals surface area contributed by atoms with Crippen molar-refractivity contribution < 1.29 is 9.72 Å². The van der Waals surface area contributed by atoms with Crippen LogP contribution in [0.3, 0.4) is 0 Å². The first-order chi connectivity index (χ1) is 9.61. The number of nitrogens with one attached hydrogen (secondary N) is 2. The zero-order chi connectivity index (χ0) is 14.1. The van der Waals surface area contributed by atoms with Gasteiger partial charge in [0.15, 0.2) is 0 Å². The second kappa shape index (κ2) is 5.20. The molecule has 3 rings (SSSR count). The molecule has 6 nitrogen and oxygen atoms in total. The average Bonchev–Trinajstić information content (AvgIpc) is 2.78. The number of piperidine rings is 1. The van der Waals surface area contributed by atoms with Crippen LogP contribution in [0.15, 0.2) is 24.3 Å². The Hall–Kier alpha value is -1.95. The van der Waals surface area contributed by atoms with Crippen LogP contribution in [0.5, 0.6) is 0 Å². The molecule has 0 aliphatic carbocycles. The first-order valence-corrected chi connectivity index (χ1v) is 6.93. The number of nitro benzene ring substituents is 1. The molecule has 2 unspecified atom stereocenters. The maximum atomic E-state index is 12.2. The van der Waals surface area contributed by atoms with E-state index < -0.39 is 4.92 Å². The molecule has 2 N–H and O–H groups in total. The van der Waals surface area contributed by atoms with Crippen molar-refractivity contribution in [2.45, 2.75) is 43.8 Å². The smallest absolute Gasteiger partial charge is 0.270 e. The summed E-state index contributed by atoms with van der Waals surface area (Å²) >= 11 is 0. The fraction of sp³-hybridized carbons (Fsp3) is 0.500. The highest BCUT2D eigenvalue weighted by atomic mass is 16.6. The number of carbonyl (C=O) groups excluding carboxylic acids is 1. The molecule has 20 heavy (non-hydrogen) atoms. The normalized spacial score (nSPS) is 28.1. The van der Waals surface area contributed by atoms with Gasteiger partial charge in [-0.05, 0) is 31.7 Å². The van der Waals surface area contributed by atoms with Gasteiger partial charge in [0.1, 0.15) is 0 Å². The van der Waals surface area contributed by atoms with Crippen LogP contribution in [0.2, 0.25) is 0 Å². The lowest BCUT2D eigenvalue weighted by molar-refractivity contribution is -0.384. The van der Waals surface area contributed by atoms with E-state index in [9.17, 15) is 14.9 Å². The second-order valence-electron chi connectivity index (χ2n) is 5.59. The predicted molar refractivity (Wildman–Crippen MR) is 73.5 cm³/mol. The molecular formula is C14H17N3O3. The van der Waals surface area contributed by atoms with Crippen molar-refractivity contribution in [3.63, 3.8) is 0 Å². The monoisotopic (exact) mass is 275 g/mol. The molecule has 2 heterocycles. The third-order valence-corrected chi connectivity index (χ3v) is 4.13. The average molecular weight is 275 g/mol. The molecule has 2 fully saturated rings. The Morgan fingerprint density at radius 2 is 2.00 bits per heavy atom. The number of hydrogen-bond acceptors (Lipinski definition) is 4. The van der Waals surface area contributed by atoms with Crippen LogP contribution < -0.4 is 10.6 Å². The molecular weight excluding hydrogens is 258 g/mol. The zero-order valence-corrected chi connectivity index (χ0v) is 11.0. The summed E-state index contributed by atoms with van der Waals surface area (Å²) < 4.78 is 0. The van der Waals surface area contributed by atoms with Crippen molar-refractivity contribution in [3.8, 4) is 0 Å². The van der Waals surface area contributed by atoms with Crippen molar-refractivity contribution in [2.24, 2.45) is 0 Å². The fourth-order valence-electron chi connectivity index (χ4n) is 3.20. The molecule has 2 aliphatic rings. The van der Waals surface area contributed by atoms with Crippen LogP contribution in [0.25, 0.3) is 0 Å². The van der Waals surface area contributed by atoms with Crippen LogP contribution in [-0.4, -0.2) is 29.0 Å². The van der Waals surface area contributed by atoms with Gasteiger partial charge in [-0.15, -0.1) is 0 Å². The molecule has 1 aromatic rings. The number of carbonyl (C=O) groups is 1. The van der Waals surface area contributed by atoms with Gasteiger partial charge in [-0.3, -0.25) is 14.9 Å². The Labute approximate surface area is 116 Å². The number of rotatable bonds is 3. The lowest BCUT2D eigenvalue weighted by atomic mass is 9.99. The maximum Gasteiger partial charge on any atom is 0.270 e. The van der Waals surface area contributed by atoms with Crippen molar-refractivity contribution in [1.82, 2.24) is 10.6 Å². The number of non-ortho nitro benzene ring substituents is 1. The largest absolute Gasteiger partial charge is 0.349 e. The second-order valence-corrected chi connectivity index (χ2v) is 5.59. The summed E-state index contributed by atoms with van der Waals surface area (Å²) in [7, 11) is 0. The van der Waals surface area contributed by atoms with Gasteiger partial charge in [0, 0.05) is 35.8 Å². The Bertz CT molecular complexity index is 534. The van der Waals surface area contributed by atoms with E-state index in [1.807, 2.05) is 0 Å². The van der Waals surface area contributed by atoms with Crippen LogP contribution >= 0.6 is 0 Å². The number of amides is 1. The topological polar surface area (TPSA) is 84.3 Å². The zero-order valence-electron chi connectivity index (χ0n) is 11.0. The Kier molecular flexibility index (Phi) is 3.40. The third-order valence-electron chi connectivity index (χ3n) is 4.13. The summed E-state index contributed by atoms with van der Waals surface area (Å²) in [5.41, 5.74) is 0.299. The fourth-order valence-corrected chi connectivity index (χ4v) is 3.20. The highest BCUT2D eigenvalue weighted by molar-refractivity contribution is 5.95. The lowest BCUT2D eigenvalue weighted by Crippen LogP contribution is -2.48. The number of fused-ring (bicyclic) bond motifs is 2. The number of nitro groups is 1. The van der Waals surface area contributed by atoms with E-state index in [4.69, 9.17) is 0 Å². The number of nitrogens with zero attached hydrogens (tertiary/aromatic N) is 1. The third kappa shape index (κ3) is 2.65. The summed E-state index contributed by atoms with van der Waals surface area (Å²) in [6.45, 7) is 0. The molecule has 1 amide bonds. The first-order valence-electron chi connectivity index (χ1n) is 6.93. The molecule has 1 aromatic carbocycles. The molecule has 0 radical (unpaired) electrons. The van der Waals surface area contributed by atoms with E-state index in [0.29, 0.717) is 17.6 Å². The van der Waals surface area contributed by atoms with E-state index in [0.717, 1.165) is 12.8 Å². The minimum absolute atomic E-state index is 0.0527. The Morgan fingerprint density at radius 1 is 1.30 bits per heavy atom. The summed E-state index contributed by atoms with van der Waals surface area (Å²) in [4.78, 5) is 22.4. The van der Waals surface area contributed by atoms with Gasteiger partial charge < -0.3 is 10.6 Å². The quantitative estimate of drug-likeness (QED) is 0.648. The van der Waals surface area contributed by atoms with E-state index in [1.54, 1.807) is 12.1 Å². The summed E-state index contributed by atoms with van der Waals surface area (Å²) in [6, 6.07) is 7.04. The molecule has 2 bridgehead atoms. The van der Waals surface area contributed by atoms with E-state index in [2.05, 4.69) is 10.6 Å². The van der Waals surface area contributed by atoms with E-state index in [1.165, 1.54) is 25.0 Å². The predicted octanol–water partition coefficient (Wildman–Crippen LogP) is 1.61. The van der Waals surface area contributed by atoms with Gasteiger partial charge >= 0.3 is 0 Å². The van der Waals surface area contributed by atoms with Gasteiger partial charge in [0.2, 0.25) is 0 Å². The molecule has 6 heteroatoms. The minimum Gasteiger partial charge on any atom is -0.349 e. The SMILES string of the molecule is O=C(NC1CC2CCC(C1)N2)c1cccc([N+](=O)[O-])c1. The highest BCUT2D eigenvalue weighted by Crippen LogP contribution is 2.27. The van der Waals surface area contributed by atoms with E-state index in [-0.39, 0.29) is 17.6 Å². The van der Waals surface area contributed by atoms with Crippen molar-refractivity contribution in [1.29, 1.82) is 0 Å². The number of benzene rings is 1. The summed E-state index contributed by atoms with van der Waals surface area (Å²) in [6.07, 6.45) is 4.23. The van der Waals surface area contributed by atoms with Gasteiger partial charge in [-0.25, -0.2) is 0 Å². The van der Waals surface area contributed by atoms with Gasteiger partial charge in [-0.1, -0.05) is 6.07 Å². The van der Waals surface area contributed by atoms with Crippen molar-refractivity contribution in [2.75, 3.05) is 0 Å². The van der Waals surface area contributed by atoms with Crippen molar-refractivity contribution in [3.05, 3.63) is 39.9 Å². The Balaban J connectivity index is 1.67. The van der Waals surface area contributed by atoms with Crippen LogP contribution in [0.4, 0.5) is 5.69 Å². The molecule has 2 atom stereocenters. The minimum atomic E-state index is -0.485. The molecule has 0 spiro atoms. The van der Waals surface area contributed by atoms with Gasteiger partial charge in [0.25, 0.3) is 11.6 Å². The van der Waals surface area contributed by atoms with Gasteiger partial charge in [-0.2, -0.15) is 0 Å². The van der Waals surface area contributed by atoms with Crippen LogP contribution in [0.1, 0.15) is 36.0 Å². The number of hydrogen-bond donors (Lipinski definition) is 2. The highest BCUT2D eigenvalue weighted by Gasteiger charge is 2.34. The van der Waals surface area contributed by atoms with Crippen LogP contribution in [-0.2, 0) is 0 Å². The summed E-state index contributed by atoms with van der Waals surface area (Å²) in [5, 5.41) is 17.2. The standard InChI is InChI=1S/C14H17N3O3/c18-14(9-2-1-3-13(6-9)17(19)20)16-12-7-10-4-5-11(8-12)15-10/h1-3,6,10-12,15H,4-5,7-8H2,(H,16,18).